The van der Waals surface area contributed by atoms with Crippen LogP contribution in [0, 0.1) is 12.3 Å². The summed E-state index contributed by atoms with van der Waals surface area (Å²) in [5.41, 5.74) is 2.93. The fourth-order valence-corrected chi connectivity index (χ4v) is 3.66. The molecule has 0 bridgehead atoms. The van der Waals surface area contributed by atoms with E-state index in [0.29, 0.717) is 6.61 Å². The molecular formula is C20H28O5. The Morgan fingerprint density at radius 3 is 2.32 bits per heavy atom. The van der Waals surface area contributed by atoms with Gasteiger partial charge < -0.3 is 14.2 Å². The van der Waals surface area contributed by atoms with Gasteiger partial charge in [0.25, 0.3) is 0 Å². The molecule has 0 heterocycles. The Labute approximate surface area is 149 Å². The van der Waals surface area contributed by atoms with E-state index in [2.05, 4.69) is 20.8 Å². The van der Waals surface area contributed by atoms with E-state index in [1.54, 1.807) is 0 Å². The Morgan fingerprint density at radius 1 is 1.16 bits per heavy atom. The zero-order valence-electron chi connectivity index (χ0n) is 16.0. The maximum atomic E-state index is 12.6. The SMILES string of the molecule is CCCCOC1c2c(cc(C)c(C(=O)OC)c2C(=O)OC)CC1(C)C. The minimum atomic E-state index is -0.530. The highest BCUT2D eigenvalue weighted by molar-refractivity contribution is 6.05. The topological polar surface area (TPSA) is 61.8 Å². The standard InChI is InChI=1S/C20H28O5/c1-7-8-9-25-17-15-13(11-20(17,3)4)10-12(2)14(18(21)23-5)16(15)19(22)24-6/h10,17H,7-9,11H2,1-6H3. The molecule has 5 heteroatoms. The van der Waals surface area contributed by atoms with Crippen molar-refractivity contribution < 1.29 is 23.8 Å². The third-order valence-corrected chi connectivity index (χ3v) is 4.83. The molecule has 0 aromatic heterocycles. The molecule has 2 rings (SSSR count). The van der Waals surface area contributed by atoms with Crippen molar-refractivity contribution in [3.05, 3.63) is 33.9 Å². The van der Waals surface area contributed by atoms with Gasteiger partial charge in [-0.25, -0.2) is 9.59 Å². The summed E-state index contributed by atoms with van der Waals surface area (Å²) in [5.74, 6) is -1.06. The number of ether oxygens (including phenoxy) is 3. The Hall–Kier alpha value is -1.88. The molecule has 138 valence electrons. The summed E-state index contributed by atoms with van der Waals surface area (Å²) in [6, 6.07) is 1.97. The zero-order valence-corrected chi connectivity index (χ0v) is 16.0. The van der Waals surface area contributed by atoms with Crippen LogP contribution in [0.5, 0.6) is 0 Å². The molecule has 0 saturated carbocycles. The number of carbonyl (C=O) groups is 2. The first kappa shape index (κ1) is 19.4. The summed E-state index contributed by atoms with van der Waals surface area (Å²) in [6.07, 6.45) is 2.51. The van der Waals surface area contributed by atoms with Gasteiger partial charge in [0.05, 0.1) is 31.5 Å². The first-order valence-electron chi connectivity index (χ1n) is 8.73. The normalized spacial score (nSPS) is 17.9. The Morgan fingerprint density at radius 2 is 1.76 bits per heavy atom. The van der Waals surface area contributed by atoms with Crippen molar-refractivity contribution in [3.8, 4) is 0 Å². The molecule has 0 saturated heterocycles. The molecular weight excluding hydrogens is 320 g/mol. The van der Waals surface area contributed by atoms with Crippen LogP contribution in [0.4, 0.5) is 0 Å². The highest BCUT2D eigenvalue weighted by atomic mass is 16.5. The minimum Gasteiger partial charge on any atom is -0.465 e. The number of unbranched alkanes of at least 4 members (excludes halogenated alkanes) is 1. The zero-order chi connectivity index (χ0) is 18.8. The largest absolute Gasteiger partial charge is 0.465 e. The van der Waals surface area contributed by atoms with Crippen LogP contribution in [-0.2, 0) is 20.6 Å². The number of methoxy groups -OCH3 is 2. The lowest BCUT2D eigenvalue weighted by Crippen LogP contribution is -2.23. The van der Waals surface area contributed by atoms with Crippen LogP contribution >= 0.6 is 0 Å². The Balaban J connectivity index is 2.67. The van der Waals surface area contributed by atoms with Gasteiger partial charge in [-0.05, 0) is 41.9 Å². The Bertz CT molecular complexity index is 675. The van der Waals surface area contributed by atoms with Crippen molar-refractivity contribution in [3.63, 3.8) is 0 Å². The number of aryl methyl sites for hydroxylation is 1. The summed E-state index contributed by atoms with van der Waals surface area (Å²) >= 11 is 0. The van der Waals surface area contributed by atoms with Crippen LogP contribution in [0.25, 0.3) is 0 Å². The van der Waals surface area contributed by atoms with E-state index in [9.17, 15) is 9.59 Å². The number of hydrogen-bond acceptors (Lipinski definition) is 5. The van der Waals surface area contributed by atoms with E-state index in [1.165, 1.54) is 14.2 Å². The summed E-state index contributed by atoms with van der Waals surface area (Å²) in [7, 11) is 2.64. The van der Waals surface area contributed by atoms with Gasteiger partial charge in [-0.2, -0.15) is 0 Å². The number of rotatable bonds is 6. The van der Waals surface area contributed by atoms with E-state index in [-0.39, 0.29) is 22.6 Å². The van der Waals surface area contributed by atoms with Crippen LogP contribution in [0.1, 0.15) is 77.1 Å². The van der Waals surface area contributed by atoms with Crippen molar-refractivity contribution in [2.45, 2.75) is 53.1 Å². The fourth-order valence-electron chi connectivity index (χ4n) is 3.66. The van der Waals surface area contributed by atoms with Crippen LogP contribution in [0.3, 0.4) is 0 Å². The van der Waals surface area contributed by atoms with Crippen LogP contribution in [-0.4, -0.2) is 32.8 Å². The molecule has 0 spiro atoms. The first-order valence-corrected chi connectivity index (χ1v) is 8.73. The Kier molecular flexibility index (Phi) is 5.88. The second-order valence-electron chi connectivity index (χ2n) is 7.27. The van der Waals surface area contributed by atoms with E-state index in [4.69, 9.17) is 14.2 Å². The monoisotopic (exact) mass is 348 g/mol. The van der Waals surface area contributed by atoms with E-state index >= 15 is 0 Å². The summed E-state index contributed by atoms with van der Waals surface area (Å²) in [5, 5.41) is 0. The quantitative estimate of drug-likeness (QED) is 0.574. The van der Waals surface area contributed by atoms with Crippen molar-refractivity contribution in [2.24, 2.45) is 5.41 Å². The number of carbonyl (C=O) groups excluding carboxylic acids is 2. The predicted octanol–water partition coefficient (Wildman–Crippen LogP) is 4.01. The van der Waals surface area contributed by atoms with Crippen molar-refractivity contribution in [2.75, 3.05) is 20.8 Å². The second kappa shape index (κ2) is 7.56. The molecule has 1 aromatic carbocycles. The van der Waals surface area contributed by atoms with Crippen molar-refractivity contribution in [1.82, 2.24) is 0 Å². The maximum absolute atomic E-state index is 12.6. The molecule has 25 heavy (non-hydrogen) atoms. The molecule has 1 aliphatic rings. The smallest absolute Gasteiger partial charge is 0.339 e. The summed E-state index contributed by atoms with van der Waals surface area (Å²) < 4.78 is 16.1. The van der Waals surface area contributed by atoms with Gasteiger partial charge in [0.2, 0.25) is 0 Å². The molecule has 0 fully saturated rings. The maximum Gasteiger partial charge on any atom is 0.339 e. The molecule has 5 nitrogen and oxygen atoms in total. The third-order valence-electron chi connectivity index (χ3n) is 4.83. The summed E-state index contributed by atoms with van der Waals surface area (Å²) in [4.78, 5) is 24.9. The van der Waals surface area contributed by atoms with Gasteiger partial charge in [0.15, 0.2) is 0 Å². The molecule has 1 aromatic rings. The number of fused-ring (bicyclic) bond motifs is 1. The highest BCUT2D eigenvalue weighted by Gasteiger charge is 2.44. The molecule has 1 unspecified atom stereocenters. The van der Waals surface area contributed by atoms with Gasteiger partial charge in [0.1, 0.15) is 0 Å². The first-order chi connectivity index (χ1) is 11.8. The molecule has 0 amide bonds. The molecule has 0 aliphatic heterocycles. The average Bonchev–Trinajstić information content (AvgIpc) is 2.82. The van der Waals surface area contributed by atoms with Gasteiger partial charge in [-0.1, -0.05) is 33.3 Å². The van der Waals surface area contributed by atoms with E-state index in [0.717, 1.165) is 36.0 Å². The van der Waals surface area contributed by atoms with Crippen LogP contribution in [0.15, 0.2) is 6.07 Å². The van der Waals surface area contributed by atoms with Crippen molar-refractivity contribution >= 4 is 11.9 Å². The predicted molar refractivity (Wildman–Crippen MR) is 94.9 cm³/mol. The number of benzene rings is 1. The average molecular weight is 348 g/mol. The third kappa shape index (κ3) is 3.56. The second-order valence-corrected chi connectivity index (χ2v) is 7.27. The molecule has 1 atom stereocenters. The lowest BCUT2D eigenvalue weighted by molar-refractivity contribution is -0.0182. The summed E-state index contributed by atoms with van der Waals surface area (Å²) in [6.45, 7) is 8.79. The molecule has 1 aliphatic carbocycles. The lowest BCUT2D eigenvalue weighted by atomic mass is 9.86. The number of hydrogen-bond donors (Lipinski definition) is 0. The van der Waals surface area contributed by atoms with Crippen LogP contribution < -0.4 is 0 Å². The fraction of sp³-hybridized carbons (Fsp3) is 0.600. The molecule has 0 radical (unpaired) electrons. The minimum absolute atomic E-state index is 0.167. The lowest BCUT2D eigenvalue weighted by Gasteiger charge is -2.28. The van der Waals surface area contributed by atoms with E-state index < -0.39 is 11.9 Å². The van der Waals surface area contributed by atoms with Gasteiger partial charge >= 0.3 is 11.9 Å². The van der Waals surface area contributed by atoms with Gasteiger partial charge in [0, 0.05) is 6.61 Å². The van der Waals surface area contributed by atoms with Crippen LogP contribution in [0.2, 0.25) is 0 Å². The van der Waals surface area contributed by atoms with E-state index in [1.807, 2.05) is 13.0 Å². The molecule has 0 N–H and O–H groups in total. The highest BCUT2D eigenvalue weighted by Crippen LogP contribution is 2.50. The number of esters is 2. The van der Waals surface area contributed by atoms with Gasteiger partial charge in [-0.3, -0.25) is 0 Å². The van der Waals surface area contributed by atoms with Gasteiger partial charge in [-0.15, -0.1) is 0 Å². The van der Waals surface area contributed by atoms with Crippen molar-refractivity contribution in [1.29, 1.82) is 0 Å².